The fourth-order valence-electron chi connectivity index (χ4n) is 1.61. The largest absolute Gasteiger partial charge is 0.496 e. The third-order valence-corrected chi connectivity index (χ3v) is 2.28. The maximum Gasteiger partial charge on any atom is 0.126 e. The third-order valence-electron chi connectivity index (χ3n) is 2.28. The van der Waals surface area contributed by atoms with Crippen LogP contribution in [0.2, 0.25) is 0 Å². The van der Waals surface area contributed by atoms with Crippen LogP contribution in [0.5, 0.6) is 0 Å². The highest BCUT2D eigenvalue weighted by Gasteiger charge is 2.16. The van der Waals surface area contributed by atoms with Crippen LogP contribution >= 0.6 is 0 Å². The minimum absolute atomic E-state index is 0.884. The molecule has 0 unspecified atom stereocenters. The standard InChI is InChI=1S/C12H12O2/c1-13-11-7-3-5-9(11)10-6-4-8-12(10)14-2/h3-8H,1-2H3/b10-9-. The number of ether oxygens (including phenoxy) is 2. The molecule has 0 amide bonds. The van der Waals surface area contributed by atoms with E-state index < -0.39 is 0 Å². The van der Waals surface area contributed by atoms with E-state index in [1.54, 1.807) is 14.2 Å². The second-order valence-corrected chi connectivity index (χ2v) is 3.02. The van der Waals surface area contributed by atoms with Gasteiger partial charge in [-0.2, -0.15) is 0 Å². The Hall–Kier alpha value is -1.70. The van der Waals surface area contributed by atoms with Crippen LogP contribution in [0.4, 0.5) is 0 Å². The predicted molar refractivity (Wildman–Crippen MR) is 55.5 cm³/mol. The molecule has 2 heteroatoms. The summed E-state index contributed by atoms with van der Waals surface area (Å²) in [5, 5.41) is 0. The Bertz CT molecular complexity index is 355. The number of hydrogen-bond donors (Lipinski definition) is 0. The number of hydrogen-bond acceptors (Lipinski definition) is 2. The fourth-order valence-corrected chi connectivity index (χ4v) is 1.61. The van der Waals surface area contributed by atoms with Crippen LogP contribution in [0.3, 0.4) is 0 Å². The van der Waals surface area contributed by atoms with E-state index in [-0.39, 0.29) is 0 Å². The van der Waals surface area contributed by atoms with Crippen LogP contribution in [0.25, 0.3) is 0 Å². The maximum absolute atomic E-state index is 5.25. The van der Waals surface area contributed by atoms with Crippen molar-refractivity contribution in [3.63, 3.8) is 0 Å². The minimum Gasteiger partial charge on any atom is -0.496 e. The first kappa shape index (κ1) is 8.88. The number of rotatable bonds is 2. The lowest BCUT2D eigenvalue weighted by Crippen LogP contribution is -1.94. The van der Waals surface area contributed by atoms with Gasteiger partial charge in [0, 0.05) is 11.1 Å². The van der Waals surface area contributed by atoms with Gasteiger partial charge in [-0.3, -0.25) is 0 Å². The highest BCUT2D eigenvalue weighted by atomic mass is 16.5. The van der Waals surface area contributed by atoms with E-state index in [1.165, 1.54) is 0 Å². The molecular formula is C12H12O2. The van der Waals surface area contributed by atoms with Crippen LogP contribution < -0.4 is 0 Å². The zero-order valence-corrected chi connectivity index (χ0v) is 8.28. The molecule has 0 aromatic carbocycles. The summed E-state index contributed by atoms with van der Waals surface area (Å²) >= 11 is 0. The van der Waals surface area contributed by atoms with Gasteiger partial charge in [-0.15, -0.1) is 0 Å². The Kier molecular flexibility index (Phi) is 2.27. The predicted octanol–water partition coefficient (Wildman–Crippen LogP) is 2.48. The van der Waals surface area contributed by atoms with Gasteiger partial charge in [0.1, 0.15) is 11.5 Å². The van der Waals surface area contributed by atoms with E-state index in [2.05, 4.69) is 0 Å². The lowest BCUT2D eigenvalue weighted by molar-refractivity contribution is 0.295. The normalized spacial score (nSPS) is 23.9. The summed E-state index contributed by atoms with van der Waals surface area (Å²) in [6.45, 7) is 0. The fraction of sp³-hybridized carbons (Fsp3) is 0.167. The highest BCUT2D eigenvalue weighted by Crippen LogP contribution is 2.30. The van der Waals surface area contributed by atoms with Gasteiger partial charge in [-0.05, 0) is 12.2 Å². The smallest absolute Gasteiger partial charge is 0.126 e. The molecule has 0 fully saturated rings. The van der Waals surface area contributed by atoms with E-state index in [0.717, 1.165) is 22.7 Å². The van der Waals surface area contributed by atoms with Gasteiger partial charge in [0.15, 0.2) is 0 Å². The molecule has 0 aromatic rings. The van der Waals surface area contributed by atoms with Crippen LogP contribution in [0.15, 0.2) is 59.1 Å². The summed E-state index contributed by atoms with van der Waals surface area (Å²) in [6.07, 6.45) is 11.9. The Labute approximate surface area is 83.5 Å². The van der Waals surface area contributed by atoms with Crippen molar-refractivity contribution < 1.29 is 9.47 Å². The van der Waals surface area contributed by atoms with Gasteiger partial charge in [-0.1, -0.05) is 24.3 Å². The van der Waals surface area contributed by atoms with Crippen LogP contribution in [-0.2, 0) is 9.47 Å². The van der Waals surface area contributed by atoms with E-state index >= 15 is 0 Å². The average molecular weight is 188 g/mol. The Morgan fingerprint density at radius 2 is 1.21 bits per heavy atom. The zero-order valence-electron chi connectivity index (χ0n) is 8.28. The van der Waals surface area contributed by atoms with Crippen molar-refractivity contribution in [2.45, 2.75) is 0 Å². The summed E-state index contributed by atoms with van der Waals surface area (Å²) in [5.41, 5.74) is 2.16. The summed E-state index contributed by atoms with van der Waals surface area (Å²) in [5.74, 6) is 1.77. The van der Waals surface area contributed by atoms with Gasteiger partial charge in [0.2, 0.25) is 0 Å². The lowest BCUT2D eigenvalue weighted by atomic mass is 10.1. The first-order valence-electron chi connectivity index (χ1n) is 4.46. The second-order valence-electron chi connectivity index (χ2n) is 3.02. The van der Waals surface area contributed by atoms with E-state index in [4.69, 9.17) is 9.47 Å². The zero-order chi connectivity index (χ0) is 9.97. The van der Waals surface area contributed by atoms with E-state index in [1.807, 2.05) is 36.5 Å². The summed E-state index contributed by atoms with van der Waals surface area (Å²) < 4.78 is 10.5. The molecule has 0 aromatic heterocycles. The number of methoxy groups -OCH3 is 2. The molecule has 0 atom stereocenters. The highest BCUT2D eigenvalue weighted by molar-refractivity contribution is 5.59. The summed E-state index contributed by atoms with van der Waals surface area (Å²) in [7, 11) is 3.35. The Morgan fingerprint density at radius 1 is 0.786 bits per heavy atom. The molecule has 0 radical (unpaired) electrons. The van der Waals surface area contributed by atoms with Crippen molar-refractivity contribution in [1.29, 1.82) is 0 Å². The molecule has 0 aliphatic heterocycles. The van der Waals surface area contributed by atoms with Crippen LogP contribution in [0.1, 0.15) is 0 Å². The number of allylic oxidation sites excluding steroid dienone is 6. The molecule has 72 valence electrons. The topological polar surface area (TPSA) is 18.5 Å². The molecule has 0 N–H and O–H groups in total. The van der Waals surface area contributed by atoms with Crippen LogP contribution in [0, 0.1) is 0 Å². The molecule has 0 heterocycles. The molecular weight excluding hydrogens is 176 g/mol. The van der Waals surface area contributed by atoms with Gasteiger partial charge < -0.3 is 9.47 Å². The SMILES string of the molecule is COC1=CC=C/C1=C1\C=CC=C1OC. The van der Waals surface area contributed by atoms with Gasteiger partial charge in [0.25, 0.3) is 0 Å². The second kappa shape index (κ2) is 3.58. The first-order valence-corrected chi connectivity index (χ1v) is 4.46. The van der Waals surface area contributed by atoms with Gasteiger partial charge >= 0.3 is 0 Å². The third kappa shape index (κ3) is 1.29. The van der Waals surface area contributed by atoms with Crippen molar-refractivity contribution in [2.75, 3.05) is 14.2 Å². The lowest BCUT2D eigenvalue weighted by Gasteiger charge is -2.09. The molecule has 0 bridgehead atoms. The van der Waals surface area contributed by atoms with Crippen molar-refractivity contribution in [3.8, 4) is 0 Å². The molecule has 14 heavy (non-hydrogen) atoms. The minimum atomic E-state index is 0.884. The molecule has 2 aliphatic carbocycles. The van der Waals surface area contributed by atoms with Gasteiger partial charge in [0.05, 0.1) is 14.2 Å². The average Bonchev–Trinajstić information content (AvgIpc) is 2.85. The first-order chi connectivity index (χ1) is 6.86. The Balaban J connectivity index is 2.42. The van der Waals surface area contributed by atoms with Crippen molar-refractivity contribution in [2.24, 2.45) is 0 Å². The van der Waals surface area contributed by atoms with Gasteiger partial charge in [-0.25, -0.2) is 0 Å². The molecule has 0 saturated heterocycles. The molecule has 2 rings (SSSR count). The van der Waals surface area contributed by atoms with Crippen molar-refractivity contribution in [3.05, 3.63) is 59.1 Å². The molecule has 0 spiro atoms. The molecule has 2 aliphatic rings. The van der Waals surface area contributed by atoms with Crippen molar-refractivity contribution >= 4 is 0 Å². The molecule has 0 saturated carbocycles. The van der Waals surface area contributed by atoms with Crippen molar-refractivity contribution in [1.82, 2.24) is 0 Å². The molecule has 2 nitrogen and oxygen atoms in total. The summed E-state index contributed by atoms with van der Waals surface area (Å²) in [4.78, 5) is 0. The van der Waals surface area contributed by atoms with E-state index in [9.17, 15) is 0 Å². The van der Waals surface area contributed by atoms with E-state index in [0.29, 0.717) is 0 Å². The monoisotopic (exact) mass is 188 g/mol. The Morgan fingerprint density at radius 3 is 1.57 bits per heavy atom. The quantitative estimate of drug-likeness (QED) is 0.662. The summed E-state index contributed by atoms with van der Waals surface area (Å²) in [6, 6.07) is 0. The van der Waals surface area contributed by atoms with Crippen LogP contribution in [-0.4, -0.2) is 14.2 Å². The maximum atomic E-state index is 5.25.